The van der Waals surface area contributed by atoms with Gasteiger partial charge in [-0.2, -0.15) is 0 Å². The van der Waals surface area contributed by atoms with Crippen LogP contribution in [0.4, 0.5) is 0 Å². The summed E-state index contributed by atoms with van der Waals surface area (Å²) in [4.78, 5) is 23.6. The number of esters is 1. The third kappa shape index (κ3) is 4.21. The molecule has 24 heavy (non-hydrogen) atoms. The molecule has 0 fully saturated rings. The van der Waals surface area contributed by atoms with Crippen LogP contribution in [0.2, 0.25) is 5.02 Å². The molecule has 0 aliphatic rings. The molecule has 2 rings (SSSR count). The molecule has 0 unspecified atom stereocenters. The largest absolute Gasteiger partial charge is 0.423 e. The molecule has 126 valence electrons. The van der Waals surface area contributed by atoms with E-state index in [-0.39, 0.29) is 27.0 Å². The fraction of sp³-hybridized carbons (Fsp3) is 0.176. The molecule has 0 aliphatic heterocycles. The summed E-state index contributed by atoms with van der Waals surface area (Å²) in [7, 11) is -3.56. The van der Waals surface area contributed by atoms with Gasteiger partial charge >= 0.3 is 5.97 Å². The van der Waals surface area contributed by atoms with Crippen LogP contribution in [0.15, 0.2) is 47.4 Å². The molecule has 0 aromatic heterocycles. The van der Waals surface area contributed by atoms with Crippen LogP contribution in [-0.4, -0.2) is 26.4 Å². The predicted molar refractivity (Wildman–Crippen MR) is 90.6 cm³/mol. The Morgan fingerprint density at radius 1 is 1.04 bits per heavy atom. The molecule has 0 N–H and O–H groups in total. The van der Waals surface area contributed by atoms with E-state index in [0.717, 1.165) is 6.26 Å². The van der Waals surface area contributed by atoms with Gasteiger partial charge in [0.05, 0.1) is 15.5 Å². The third-order valence-electron chi connectivity index (χ3n) is 3.27. The number of rotatable bonds is 5. The van der Waals surface area contributed by atoms with Gasteiger partial charge < -0.3 is 4.74 Å². The Balaban J connectivity index is 2.23. The van der Waals surface area contributed by atoms with Crippen molar-refractivity contribution in [2.24, 2.45) is 0 Å². The van der Waals surface area contributed by atoms with E-state index in [1.165, 1.54) is 30.3 Å². The SMILES string of the molecule is CCC(=O)c1ccc(OC(=O)c2ccc(Cl)c(S(C)(=O)=O)c2)cc1. The highest BCUT2D eigenvalue weighted by Gasteiger charge is 2.17. The zero-order valence-corrected chi connectivity index (χ0v) is 14.6. The zero-order valence-electron chi connectivity index (χ0n) is 13.1. The van der Waals surface area contributed by atoms with E-state index in [9.17, 15) is 18.0 Å². The zero-order chi connectivity index (χ0) is 17.9. The van der Waals surface area contributed by atoms with Gasteiger partial charge in [0.25, 0.3) is 0 Å². The second-order valence-electron chi connectivity index (χ2n) is 5.11. The molecule has 0 spiro atoms. The van der Waals surface area contributed by atoms with E-state index < -0.39 is 15.8 Å². The second kappa shape index (κ2) is 7.15. The molecule has 7 heteroatoms. The summed E-state index contributed by atoms with van der Waals surface area (Å²) in [6.07, 6.45) is 1.39. The second-order valence-corrected chi connectivity index (χ2v) is 7.50. The number of ether oxygens (including phenoxy) is 1. The van der Waals surface area contributed by atoms with Gasteiger partial charge in [0, 0.05) is 18.2 Å². The summed E-state index contributed by atoms with van der Waals surface area (Å²) in [5.41, 5.74) is 0.594. The highest BCUT2D eigenvalue weighted by Crippen LogP contribution is 2.23. The molecule has 0 heterocycles. The van der Waals surface area contributed by atoms with Gasteiger partial charge in [0.1, 0.15) is 5.75 Å². The molecular formula is C17H15ClO5S. The number of Topliss-reactive ketones (excluding diaryl/α,β-unsaturated/α-hetero) is 1. The van der Waals surface area contributed by atoms with Gasteiger partial charge in [0.2, 0.25) is 0 Å². The van der Waals surface area contributed by atoms with E-state index >= 15 is 0 Å². The van der Waals surface area contributed by atoms with Crippen molar-refractivity contribution in [3.63, 3.8) is 0 Å². The predicted octanol–water partition coefficient (Wildman–Crippen LogP) is 3.56. The maximum absolute atomic E-state index is 12.2. The lowest BCUT2D eigenvalue weighted by atomic mass is 10.1. The van der Waals surface area contributed by atoms with Crippen LogP contribution < -0.4 is 4.74 Å². The van der Waals surface area contributed by atoms with Crippen LogP contribution in [-0.2, 0) is 9.84 Å². The minimum absolute atomic E-state index is 0.0108. The summed E-state index contributed by atoms with van der Waals surface area (Å²) in [5, 5.41) is 0.0384. The van der Waals surface area contributed by atoms with E-state index in [2.05, 4.69) is 0 Å². The Morgan fingerprint density at radius 2 is 1.62 bits per heavy atom. The highest BCUT2D eigenvalue weighted by molar-refractivity contribution is 7.90. The maximum atomic E-state index is 12.2. The number of hydrogen-bond donors (Lipinski definition) is 0. The first kappa shape index (κ1) is 18.2. The Hall–Kier alpha value is -2.18. The molecule has 2 aromatic rings. The summed E-state index contributed by atoms with van der Waals surface area (Å²) >= 11 is 5.84. The molecule has 0 bridgehead atoms. The smallest absolute Gasteiger partial charge is 0.343 e. The number of hydrogen-bond acceptors (Lipinski definition) is 5. The van der Waals surface area contributed by atoms with Gasteiger partial charge in [-0.15, -0.1) is 0 Å². The minimum Gasteiger partial charge on any atom is -0.423 e. The molecule has 0 aliphatic carbocycles. The topological polar surface area (TPSA) is 77.5 Å². The number of carbonyl (C=O) groups excluding carboxylic acids is 2. The van der Waals surface area contributed by atoms with Gasteiger partial charge in [-0.25, -0.2) is 13.2 Å². The number of sulfone groups is 1. The van der Waals surface area contributed by atoms with Crippen LogP contribution >= 0.6 is 11.6 Å². The fourth-order valence-corrected chi connectivity index (χ4v) is 3.29. The van der Waals surface area contributed by atoms with E-state index in [1.807, 2.05) is 0 Å². The summed E-state index contributed by atoms with van der Waals surface area (Å²) in [5.74, 6) is -0.474. The number of ketones is 1. The van der Waals surface area contributed by atoms with Crippen molar-refractivity contribution in [2.75, 3.05) is 6.26 Å². The Kier molecular flexibility index (Phi) is 5.41. The first-order valence-corrected chi connectivity index (χ1v) is 9.34. The van der Waals surface area contributed by atoms with Crippen LogP contribution in [0.5, 0.6) is 5.75 Å². The number of carbonyl (C=O) groups is 2. The maximum Gasteiger partial charge on any atom is 0.343 e. The Morgan fingerprint density at radius 3 is 2.17 bits per heavy atom. The van der Waals surface area contributed by atoms with Crippen LogP contribution in [0, 0.1) is 0 Å². The lowest BCUT2D eigenvalue weighted by Crippen LogP contribution is -2.10. The van der Waals surface area contributed by atoms with Crippen molar-refractivity contribution in [1.82, 2.24) is 0 Å². The highest BCUT2D eigenvalue weighted by atomic mass is 35.5. The standard InChI is InChI=1S/C17H15ClO5S/c1-3-15(19)11-4-7-13(8-5-11)23-17(20)12-6-9-14(18)16(10-12)24(2,21)22/h4-10H,3H2,1-2H3. The molecular weight excluding hydrogens is 352 g/mol. The van der Waals surface area contributed by atoms with Gasteiger partial charge in [0.15, 0.2) is 15.6 Å². The monoisotopic (exact) mass is 366 g/mol. The van der Waals surface area contributed by atoms with Gasteiger partial charge in [-0.3, -0.25) is 4.79 Å². The van der Waals surface area contributed by atoms with Gasteiger partial charge in [-0.05, 0) is 42.5 Å². The van der Waals surface area contributed by atoms with Crippen LogP contribution in [0.1, 0.15) is 34.1 Å². The van der Waals surface area contributed by atoms with Crippen molar-refractivity contribution in [1.29, 1.82) is 0 Å². The Bertz CT molecular complexity index is 886. The lowest BCUT2D eigenvalue weighted by molar-refractivity contribution is 0.0734. The van der Waals surface area contributed by atoms with Crippen molar-refractivity contribution in [2.45, 2.75) is 18.2 Å². The molecule has 5 nitrogen and oxygen atoms in total. The average Bonchev–Trinajstić information content (AvgIpc) is 2.54. The average molecular weight is 367 g/mol. The molecule has 0 radical (unpaired) electrons. The summed E-state index contributed by atoms with van der Waals surface area (Å²) < 4.78 is 28.5. The van der Waals surface area contributed by atoms with Crippen LogP contribution in [0.3, 0.4) is 0 Å². The summed E-state index contributed by atoms with van der Waals surface area (Å²) in [6.45, 7) is 1.76. The van der Waals surface area contributed by atoms with E-state index in [0.29, 0.717) is 12.0 Å². The molecule has 0 atom stereocenters. The lowest BCUT2D eigenvalue weighted by Gasteiger charge is -2.07. The summed E-state index contributed by atoms with van der Waals surface area (Å²) in [6, 6.07) is 10.0. The fourth-order valence-electron chi connectivity index (χ4n) is 1.99. The van der Waals surface area contributed by atoms with E-state index in [4.69, 9.17) is 16.3 Å². The molecule has 2 aromatic carbocycles. The van der Waals surface area contributed by atoms with Crippen molar-refractivity contribution < 1.29 is 22.7 Å². The Labute approximate surface area is 145 Å². The molecule has 0 amide bonds. The molecule has 0 saturated heterocycles. The number of halogens is 1. The minimum atomic E-state index is -3.56. The third-order valence-corrected chi connectivity index (χ3v) is 4.85. The van der Waals surface area contributed by atoms with E-state index in [1.54, 1.807) is 19.1 Å². The van der Waals surface area contributed by atoms with Crippen LogP contribution in [0.25, 0.3) is 0 Å². The van der Waals surface area contributed by atoms with Crippen molar-refractivity contribution in [3.8, 4) is 5.75 Å². The molecule has 0 saturated carbocycles. The normalized spacial score (nSPS) is 11.1. The quantitative estimate of drug-likeness (QED) is 0.459. The van der Waals surface area contributed by atoms with Crippen molar-refractivity contribution >= 4 is 33.2 Å². The van der Waals surface area contributed by atoms with Gasteiger partial charge in [-0.1, -0.05) is 18.5 Å². The number of benzene rings is 2. The van der Waals surface area contributed by atoms with Crippen molar-refractivity contribution in [3.05, 3.63) is 58.6 Å². The first-order chi connectivity index (χ1) is 11.2. The first-order valence-electron chi connectivity index (χ1n) is 7.07.